The smallest absolute Gasteiger partial charge is 0.325 e. The van der Waals surface area contributed by atoms with Crippen LogP contribution in [0.5, 0.6) is 0 Å². The van der Waals surface area contributed by atoms with Gasteiger partial charge < -0.3 is 5.32 Å². The van der Waals surface area contributed by atoms with Gasteiger partial charge in [-0.3, -0.25) is 14.9 Å². The van der Waals surface area contributed by atoms with Crippen LogP contribution in [-0.4, -0.2) is 36.3 Å². The molecular weight excluding hydrogens is 437 g/mol. The van der Waals surface area contributed by atoms with E-state index in [9.17, 15) is 28.1 Å². The van der Waals surface area contributed by atoms with Crippen LogP contribution in [0.15, 0.2) is 47.6 Å². The highest BCUT2D eigenvalue weighted by atomic mass is 32.2. The Morgan fingerprint density at radius 3 is 2.52 bits per heavy atom. The molecule has 2 aromatic carbocycles. The number of thioether (sulfide) groups is 1. The molecule has 1 aromatic heterocycles. The average molecular weight is 452 g/mol. The lowest BCUT2D eigenvalue weighted by Gasteiger charge is -2.16. The van der Waals surface area contributed by atoms with Gasteiger partial charge in [-0.25, -0.2) is 0 Å². The Bertz CT molecular complexity index is 1120. The molecule has 0 aliphatic carbocycles. The Kier molecular flexibility index (Phi) is 6.24. The van der Waals surface area contributed by atoms with Crippen molar-refractivity contribution in [1.29, 1.82) is 0 Å². The zero-order chi connectivity index (χ0) is 22.8. The quantitative estimate of drug-likeness (QED) is 0.341. The first-order chi connectivity index (χ1) is 14.6. The number of nitrogens with one attached hydrogen (secondary N) is 1. The molecule has 0 saturated carbocycles. The zero-order valence-corrected chi connectivity index (χ0v) is 16.9. The Labute approximate surface area is 177 Å². The number of tetrazole rings is 1. The van der Waals surface area contributed by atoms with Crippen molar-refractivity contribution in [3.05, 3.63) is 63.7 Å². The van der Waals surface area contributed by atoms with Crippen molar-refractivity contribution in [2.45, 2.75) is 30.4 Å². The number of amides is 1. The summed E-state index contributed by atoms with van der Waals surface area (Å²) in [6, 6.07) is 9.40. The van der Waals surface area contributed by atoms with Gasteiger partial charge in [0.15, 0.2) is 0 Å². The third kappa shape index (κ3) is 5.17. The fourth-order valence-corrected chi connectivity index (χ4v) is 3.34. The molecule has 0 spiro atoms. The van der Waals surface area contributed by atoms with E-state index in [0.717, 1.165) is 29.5 Å². The summed E-state index contributed by atoms with van der Waals surface area (Å²) in [7, 11) is 0. The van der Waals surface area contributed by atoms with Crippen molar-refractivity contribution in [2.24, 2.45) is 0 Å². The van der Waals surface area contributed by atoms with Gasteiger partial charge in [0.1, 0.15) is 0 Å². The molecule has 0 aliphatic heterocycles. The molecule has 3 rings (SSSR count). The number of aryl methyl sites for hydroxylation is 1. The van der Waals surface area contributed by atoms with Crippen molar-refractivity contribution in [3.8, 4) is 5.69 Å². The highest BCUT2D eigenvalue weighted by molar-refractivity contribution is 8.00. The van der Waals surface area contributed by atoms with Gasteiger partial charge in [-0.1, -0.05) is 29.5 Å². The molecule has 0 bridgehead atoms. The molecule has 1 amide bonds. The first-order valence-electron chi connectivity index (χ1n) is 8.75. The summed E-state index contributed by atoms with van der Waals surface area (Å²) in [5.41, 5.74) is -0.932. The Hall–Kier alpha value is -3.48. The van der Waals surface area contributed by atoms with E-state index in [2.05, 4.69) is 20.8 Å². The van der Waals surface area contributed by atoms with E-state index in [0.29, 0.717) is 11.8 Å². The number of aromatic nitrogens is 4. The van der Waals surface area contributed by atoms with Crippen LogP contribution in [0.25, 0.3) is 5.69 Å². The number of benzene rings is 2. The summed E-state index contributed by atoms with van der Waals surface area (Å²) in [6.07, 6.45) is -4.89. The molecule has 0 radical (unpaired) electrons. The Balaban J connectivity index is 1.79. The van der Waals surface area contributed by atoms with Gasteiger partial charge in [-0.2, -0.15) is 17.9 Å². The topological polar surface area (TPSA) is 116 Å². The lowest BCUT2D eigenvalue weighted by Crippen LogP contribution is -2.24. The van der Waals surface area contributed by atoms with Gasteiger partial charge in [0.25, 0.3) is 5.69 Å². The molecule has 1 N–H and O–H groups in total. The van der Waals surface area contributed by atoms with E-state index < -0.39 is 39.2 Å². The lowest BCUT2D eigenvalue weighted by atomic mass is 10.1. The second-order valence-corrected chi connectivity index (χ2v) is 7.75. The monoisotopic (exact) mass is 452 g/mol. The van der Waals surface area contributed by atoms with E-state index in [1.54, 1.807) is 12.1 Å². The predicted octanol–water partition coefficient (Wildman–Crippen LogP) is 4.02. The number of nitro groups is 1. The molecule has 3 aromatic rings. The minimum absolute atomic E-state index is 0.270. The SMILES string of the molecule is Cc1ccc(-n2nnnc2SC(C)C(=O)Nc2ccc([N+](=O)[O-])cc2C(F)(F)F)cc1. The third-order valence-electron chi connectivity index (χ3n) is 4.15. The molecule has 9 nitrogen and oxygen atoms in total. The molecule has 1 unspecified atom stereocenters. The van der Waals surface area contributed by atoms with Crippen molar-refractivity contribution < 1.29 is 22.9 Å². The van der Waals surface area contributed by atoms with Gasteiger partial charge in [-0.15, -0.1) is 5.10 Å². The van der Waals surface area contributed by atoms with Crippen molar-refractivity contribution in [3.63, 3.8) is 0 Å². The van der Waals surface area contributed by atoms with Gasteiger partial charge in [0, 0.05) is 12.1 Å². The van der Waals surface area contributed by atoms with E-state index in [1.165, 1.54) is 11.6 Å². The fourth-order valence-electron chi connectivity index (χ4n) is 2.54. The van der Waals surface area contributed by atoms with Crippen LogP contribution in [0.2, 0.25) is 0 Å². The van der Waals surface area contributed by atoms with Crippen LogP contribution in [-0.2, 0) is 11.0 Å². The summed E-state index contributed by atoms with van der Waals surface area (Å²) in [6.45, 7) is 3.39. The lowest BCUT2D eigenvalue weighted by molar-refractivity contribution is -0.385. The van der Waals surface area contributed by atoms with Gasteiger partial charge in [0.05, 0.1) is 27.1 Å². The third-order valence-corrected chi connectivity index (χ3v) is 5.18. The number of anilines is 1. The first-order valence-corrected chi connectivity index (χ1v) is 9.63. The van der Waals surface area contributed by atoms with Crippen LogP contribution in [0.1, 0.15) is 18.1 Å². The summed E-state index contributed by atoms with van der Waals surface area (Å²) < 4.78 is 41.3. The van der Waals surface area contributed by atoms with Crippen LogP contribution in [0, 0.1) is 17.0 Å². The summed E-state index contributed by atoms with van der Waals surface area (Å²) in [5, 5.41) is 23.7. The molecule has 13 heteroatoms. The van der Waals surface area contributed by atoms with Crippen molar-refractivity contribution >= 4 is 29.0 Å². The number of hydrogen-bond donors (Lipinski definition) is 1. The second kappa shape index (κ2) is 8.71. The maximum absolute atomic E-state index is 13.3. The normalized spacial score (nSPS) is 12.4. The molecule has 0 aliphatic rings. The number of halogens is 3. The maximum Gasteiger partial charge on any atom is 0.418 e. The average Bonchev–Trinajstić information content (AvgIpc) is 3.15. The number of nitro benzene ring substituents is 1. The summed E-state index contributed by atoms with van der Waals surface area (Å²) >= 11 is 0.950. The van der Waals surface area contributed by atoms with E-state index in [1.807, 2.05) is 19.1 Å². The summed E-state index contributed by atoms with van der Waals surface area (Å²) in [5.74, 6) is -0.747. The van der Waals surface area contributed by atoms with Crippen LogP contribution in [0.3, 0.4) is 0 Å². The zero-order valence-electron chi connectivity index (χ0n) is 16.1. The minimum atomic E-state index is -4.89. The van der Waals surface area contributed by atoms with E-state index in [-0.39, 0.29) is 5.16 Å². The number of rotatable bonds is 6. The van der Waals surface area contributed by atoms with Gasteiger partial charge >= 0.3 is 6.18 Å². The van der Waals surface area contributed by atoms with Gasteiger partial charge in [0.2, 0.25) is 11.1 Å². The number of nitrogens with zero attached hydrogens (tertiary/aromatic N) is 5. The number of hydrogen-bond acceptors (Lipinski definition) is 7. The number of alkyl halides is 3. The highest BCUT2D eigenvalue weighted by Crippen LogP contribution is 2.37. The number of non-ortho nitro benzene ring substituents is 1. The number of carbonyl (C=O) groups excluding carboxylic acids is 1. The van der Waals surface area contributed by atoms with Crippen molar-refractivity contribution in [2.75, 3.05) is 5.32 Å². The van der Waals surface area contributed by atoms with Crippen molar-refractivity contribution in [1.82, 2.24) is 20.2 Å². The van der Waals surface area contributed by atoms with Crippen LogP contribution >= 0.6 is 11.8 Å². The Morgan fingerprint density at radius 1 is 1.23 bits per heavy atom. The fraction of sp³-hybridized carbons (Fsp3) is 0.222. The van der Waals surface area contributed by atoms with Crippen LogP contribution < -0.4 is 5.32 Å². The largest absolute Gasteiger partial charge is 0.418 e. The second-order valence-electron chi connectivity index (χ2n) is 6.44. The predicted molar refractivity (Wildman–Crippen MR) is 106 cm³/mol. The van der Waals surface area contributed by atoms with E-state index >= 15 is 0 Å². The van der Waals surface area contributed by atoms with E-state index in [4.69, 9.17) is 0 Å². The maximum atomic E-state index is 13.3. The molecular formula is C18H15F3N6O3S. The molecule has 0 fully saturated rings. The van der Waals surface area contributed by atoms with Crippen LogP contribution in [0.4, 0.5) is 24.5 Å². The standard InChI is InChI=1S/C18H15F3N6O3S/c1-10-3-5-12(6-4-10)26-17(23-24-25-26)31-11(2)16(28)22-15-8-7-13(27(29)30)9-14(15)18(19,20)21/h3-9,11H,1-2H3,(H,22,28). The summed E-state index contributed by atoms with van der Waals surface area (Å²) in [4.78, 5) is 22.4. The molecule has 0 saturated heterocycles. The minimum Gasteiger partial charge on any atom is -0.325 e. The molecule has 1 heterocycles. The van der Waals surface area contributed by atoms with Gasteiger partial charge in [-0.05, 0) is 42.5 Å². The highest BCUT2D eigenvalue weighted by Gasteiger charge is 2.36. The molecule has 31 heavy (non-hydrogen) atoms. The number of carbonyl (C=O) groups is 1. The first kappa shape index (κ1) is 22.2. The Morgan fingerprint density at radius 2 is 1.90 bits per heavy atom. The molecule has 162 valence electrons. The molecule has 1 atom stereocenters.